The zero-order valence-corrected chi connectivity index (χ0v) is 12.6. The summed E-state index contributed by atoms with van der Waals surface area (Å²) in [7, 11) is 0. The quantitative estimate of drug-likeness (QED) is 0.748. The average molecular weight is 307 g/mol. The van der Waals surface area contributed by atoms with Gasteiger partial charge < -0.3 is 5.11 Å². The van der Waals surface area contributed by atoms with E-state index >= 15 is 0 Å². The van der Waals surface area contributed by atoms with Gasteiger partial charge in [0.05, 0.1) is 17.0 Å². The first-order valence-corrected chi connectivity index (χ1v) is 7.84. The van der Waals surface area contributed by atoms with Crippen LogP contribution in [-0.2, 0) is 13.0 Å². The first kappa shape index (κ1) is 14.1. The van der Waals surface area contributed by atoms with Crippen LogP contribution < -0.4 is 5.56 Å². The standard InChI is InChI=1S/C18H17N3O2/c22-14-4-6-17-20-16-10-12(13-2-1-8-19-11-13)3-5-15(16)18(23)21(17)9-7-14/h1-3,5,8,10-11,14,22H,4,6-7,9H2. The molecule has 23 heavy (non-hydrogen) atoms. The molecule has 1 N–H and O–H groups in total. The Hall–Kier alpha value is -2.53. The molecule has 0 radical (unpaired) electrons. The van der Waals surface area contributed by atoms with Gasteiger partial charge in [0.2, 0.25) is 0 Å². The molecule has 0 aliphatic carbocycles. The van der Waals surface area contributed by atoms with E-state index < -0.39 is 0 Å². The highest BCUT2D eigenvalue weighted by Crippen LogP contribution is 2.22. The summed E-state index contributed by atoms with van der Waals surface area (Å²) in [4.78, 5) is 21.5. The number of pyridine rings is 1. The molecule has 0 fully saturated rings. The highest BCUT2D eigenvalue weighted by Gasteiger charge is 2.17. The number of hydrogen-bond acceptors (Lipinski definition) is 4. The molecule has 0 spiro atoms. The molecule has 0 saturated carbocycles. The van der Waals surface area contributed by atoms with Crippen LogP contribution in [0.25, 0.3) is 22.0 Å². The van der Waals surface area contributed by atoms with Crippen molar-refractivity contribution >= 4 is 10.9 Å². The number of hydrogen-bond donors (Lipinski definition) is 1. The summed E-state index contributed by atoms with van der Waals surface area (Å²) in [6.45, 7) is 0.530. The van der Waals surface area contributed by atoms with E-state index in [9.17, 15) is 9.90 Å². The molecule has 1 aliphatic rings. The predicted octanol–water partition coefficient (Wildman–Crippen LogP) is 2.16. The number of aliphatic hydroxyl groups is 1. The molecule has 5 heteroatoms. The van der Waals surface area contributed by atoms with Crippen molar-refractivity contribution in [3.63, 3.8) is 0 Å². The van der Waals surface area contributed by atoms with Crippen LogP contribution in [0.3, 0.4) is 0 Å². The Bertz CT molecular complexity index is 919. The van der Waals surface area contributed by atoms with Crippen molar-refractivity contribution in [2.75, 3.05) is 0 Å². The van der Waals surface area contributed by atoms with Crippen molar-refractivity contribution in [3.05, 3.63) is 58.9 Å². The first-order chi connectivity index (χ1) is 11.2. The number of aliphatic hydroxyl groups excluding tert-OH is 1. The lowest BCUT2D eigenvalue weighted by atomic mass is 10.1. The summed E-state index contributed by atoms with van der Waals surface area (Å²) in [5.74, 6) is 0.766. The average Bonchev–Trinajstić information content (AvgIpc) is 2.78. The second-order valence-corrected chi connectivity index (χ2v) is 5.94. The molecule has 5 nitrogen and oxygen atoms in total. The van der Waals surface area contributed by atoms with Crippen molar-refractivity contribution in [1.29, 1.82) is 0 Å². The summed E-state index contributed by atoms with van der Waals surface area (Å²) in [5.41, 5.74) is 2.69. The maximum Gasteiger partial charge on any atom is 0.261 e. The fraction of sp³-hybridized carbons (Fsp3) is 0.278. The lowest BCUT2D eigenvalue weighted by Crippen LogP contribution is -2.24. The molecule has 0 saturated heterocycles. The Labute approximate surface area is 133 Å². The SMILES string of the molecule is O=c1c2ccc(-c3cccnc3)cc2nc2n1CCC(O)CC2. The van der Waals surface area contributed by atoms with Crippen LogP contribution in [0.2, 0.25) is 0 Å². The monoisotopic (exact) mass is 307 g/mol. The van der Waals surface area contributed by atoms with E-state index in [2.05, 4.69) is 9.97 Å². The smallest absolute Gasteiger partial charge is 0.261 e. The van der Waals surface area contributed by atoms with E-state index in [1.165, 1.54) is 0 Å². The number of aromatic nitrogens is 3. The molecular weight excluding hydrogens is 290 g/mol. The van der Waals surface area contributed by atoms with E-state index in [0.29, 0.717) is 36.7 Å². The molecule has 1 atom stereocenters. The third-order valence-corrected chi connectivity index (χ3v) is 4.42. The van der Waals surface area contributed by atoms with Crippen LogP contribution in [0, 0.1) is 0 Å². The van der Waals surface area contributed by atoms with Gasteiger partial charge >= 0.3 is 0 Å². The van der Waals surface area contributed by atoms with E-state index in [1.807, 2.05) is 30.3 Å². The van der Waals surface area contributed by atoms with Gasteiger partial charge in [-0.05, 0) is 36.6 Å². The van der Waals surface area contributed by atoms with Crippen molar-refractivity contribution in [2.45, 2.75) is 31.9 Å². The molecule has 2 aromatic heterocycles. The van der Waals surface area contributed by atoms with Gasteiger partial charge in [-0.25, -0.2) is 4.98 Å². The fourth-order valence-electron chi connectivity index (χ4n) is 3.12. The molecule has 3 heterocycles. The lowest BCUT2D eigenvalue weighted by molar-refractivity contribution is 0.155. The largest absolute Gasteiger partial charge is 0.393 e. The maximum atomic E-state index is 12.7. The van der Waals surface area contributed by atoms with Crippen molar-refractivity contribution in [3.8, 4) is 11.1 Å². The summed E-state index contributed by atoms with van der Waals surface area (Å²) in [5, 5.41) is 10.5. The number of fused-ring (bicyclic) bond motifs is 2. The number of rotatable bonds is 1. The molecule has 4 rings (SSSR count). The zero-order valence-electron chi connectivity index (χ0n) is 12.6. The van der Waals surface area contributed by atoms with Crippen LogP contribution in [0.5, 0.6) is 0 Å². The molecule has 1 aromatic carbocycles. The molecule has 1 unspecified atom stereocenters. The normalized spacial score (nSPS) is 17.7. The van der Waals surface area contributed by atoms with Gasteiger partial charge in [-0.3, -0.25) is 14.3 Å². The van der Waals surface area contributed by atoms with Gasteiger partial charge in [0, 0.05) is 30.9 Å². The van der Waals surface area contributed by atoms with Gasteiger partial charge in [0.25, 0.3) is 5.56 Å². The second-order valence-electron chi connectivity index (χ2n) is 5.94. The van der Waals surface area contributed by atoms with E-state index in [0.717, 1.165) is 17.0 Å². The van der Waals surface area contributed by atoms with E-state index in [4.69, 9.17) is 0 Å². The van der Waals surface area contributed by atoms with Crippen molar-refractivity contribution in [2.24, 2.45) is 0 Å². The summed E-state index contributed by atoms with van der Waals surface area (Å²) in [6.07, 6.45) is 5.07. The number of aryl methyl sites for hydroxylation is 1. The minimum absolute atomic E-state index is 0.0168. The fourth-order valence-corrected chi connectivity index (χ4v) is 3.12. The van der Waals surface area contributed by atoms with Crippen LogP contribution in [0.1, 0.15) is 18.7 Å². The molecule has 0 amide bonds. The third-order valence-electron chi connectivity index (χ3n) is 4.42. The summed E-state index contributed by atoms with van der Waals surface area (Å²) < 4.78 is 1.71. The van der Waals surface area contributed by atoms with Crippen molar-refractivity contribution < 1.29 is 5.11 Å². The van der Waals surface area contributed by atoms with Gasteiger partial charge in [-0.2, -0.15) is 0 Å². The van der Waals surface area contributed by atoms with E-state index in [1.54, 1.807) is 17.0 Å². The number of nitrogens with zero attached hydrogens (tertiary/aromatic N) is 3. The molecular formula is C18H17N3O2. The maximum absolute atomic E-state index is 12.7. The summed E-state index contributed by atoms with van der Waals surface area (Å²) in [6, 6.07) is 9.58. The minimum Gasteiger partial charge on any atom is -0.393 e. The van der Waals surface area contributed by atoms with Gasteiger partial charge in [-0.1, -0.05) is 12.1 Å². The Morgan fingerprint density at radius 1 is 1.17 bits per heavy atom. The minimum atomic E-state index is -0.356. The molecule has 116 valence electrons. The Balaban J connectivity index is 1.88. The van der Waals surface area contributed by atoms with Gasteiger partial charge in [0.15, 0.2) is 0 Å². The van der Waals surface area contributed by atoms with Gasteiger partial charge in [0.1, 0.15) is 5.82 Å². The Morgan fingerprint density at radius 2 is 2.09 bits per heavy atom. The van der Waals surface area contributed by atoms with Crippen LogP contribution >= 0.6 is 0 Å². The topological polar surface area (TPSA) is 68.0 Å². The second kappa shape index (κ2) is 5.59. The van der Waals surface area contributed by atoms with E-state index in [-0.39, 0.29) is 11.7 Å². The zero-order chi connectivity index (χ0) is 15.8. The summed E-state index contributed by atoms with van der Waals surface area (Å²) >= 11 is 0. The molecule has 0 bridgehead atoms. The van der Waals surface area contributed by atoms with Crippen molar-refractivity contribution in [1.82, 2.24) is 14.5 Å². The lowest BCUT2D eigenvalue weighted by Gasteiger charge is -2.10. The first-order valence-electron chi connectivity index (χ1n) is 7.84. The number of benzene rings is 1. The molecule has 1 aliphatic heterocycles. The van der Waals surface area contributed by atoms with Crippen LogP contribution in [-0.4, -0.2) is 25.7 Å². The van der Waals surface area contributed by atoms with Gasteiger partial charge in [-0.15, -0.1) is 0 Å². The highest BCUT2D eigenvalue weighted by atomic mass is 16.3. The Morgan fingerprint density at radius 3 is 2.91 bits per heavy atom. The van der Waals surface area contributed by atoms with Crippen LogP contribution in [0.15, 0.2) is 47.5 Å². The molecule has 3 aromatic rings. The highest BCUT2D eigenvalue weighted by molar-refractivity contribution is 5.83. The third kappa shape index (κ3) is 2.53. The Kier molecular flexibility index (Phi) is 3.42. The van der Waals surface area contributed by atoms with Crippen LogP contribution in [0.4, 0.5) is 0 Å². The predicted molar refractivity (Wildman–Crippen MR) is 88.2 cm³/mol.